The van der Waals surface area contributed by atoms with Gasteiger partial charge in [0.1, 0.15) is 0 Å². The van der Waals surface area contributed by atoms with Crippen LogP contribution in [0.15, 0.2) is 30.3 Å². The molecule has 1 atom stereocenters. The van der Waals surface area contributed by atoms with Crippen molar-refractivity contribution in [3.05, 3.63) is 35.9 Å². The van der Waals surface area contributed by atoms with Crippen LogP contribution >= 0.6 is 0 Å². The smallest absolute Gasteiger partial charge is 0.222 e. The number of hydrogen-bond acceptors (Lipinski definition) is 2. The van der Waals surface area contributed by atoms with Gasteiger partial charge >= 0.3 is 0 Å². The second-order valence-corrected chi connectivity index (χ2v) is 5.83. The summed E-state index contributed by atoms with van der Waals surface area (Å²) in [6.45, 7) is 5.52. The Labute approximate surface area is 135 Å². The molecule has 0 aromatic heterocycles. The maximum absolute atomic E-state index is 11.8. The fraction of sp³-hybridized carbons (Fsp3) is 0.632. The summed E-state index contributed by atoms with van der Waals surface area (Å²) in [7, 11) is 0. The molecule has 0 radical (unpaired) electrons. The Morgan fingerprint density at radius 3 is 2.45 bits per heavy atom. The van der Waals surface area contributed by atoms with Gasteiger partial charge < -0.3 is 10.1 Å². The summed E-state index contributed by atoms with van der Waals surface area (Å²) in [5.41, 5.74) is 1.13. The first-order valence-electron chi connectivity index (χ1n) is 8.66. The van der Waals surface area contributed by atoms with E-state index >= 15 is 0 Å². The van der Waals surface area contributed by atoms with Crippen LogP contribution in [0.4, 0.5) is 0 Å². The summed E-state index contributed by atoms with van der Waals surface area (Å²) >= 11 is 0. The van der Waals surface area contributed by atoms with Gasteiger partial charge in [-0.15, -0.1) is 0 Å². The Hall–Kier alpha value is -1.35. The molecule has 1 rings (SSSR count). The molecular weight excluding hydrogens is 274 g/mol. The number of hydrogen-bond donors (Lipinski definition) is 1. The number of carbonyl (C=O) groups is 1. The molecule has 3 nitrogen and oxygen atoms in total. The van der Waals surface area contributed by atoms with Crippen LogP contribution in [0.5, 0.6) is 0 Å². The van der Waals surface area contributed by atoms with E-state index < -0.39 is 0 Å². The highest BCUT2D eigenvalue weighted by Gasteiger charge is 2.08. The molecule has 3 heteroatoms. The zero-order chi connectivity index (χ0) is 16.0. The van der Waals surface area contributed by atoms with Crippen molar-refractivity contribution in [1.82, 2.24) is 5.32 Å². The first kappa shape index (κ1) is 18.7. The van der Waals surface area contributed by atoms with Gasteiger partial charge in [0.25, 0.3) is 0 Å². The molecule has 0 spiro atoms. The molecule has 1 N–H and O–H groups in total. The van der Waals surface area contributed by atoms with Gasteiger partial charge in [-0.05, 0) is 18.9 Å². The van der Waals surface area contributed by atoms with Gasteiger partial charge in [-0.2, -0.15) is 0 Å². The average Bonchev–Trinajstić information content (AvgIpc) is 2.54. The summed E-state index contributed by atoms with van der Waals surface area (Å²) in [6, 6.07) is 10.1. The maximum atomic E-state index is 11.8. The summed E-state index contributed by atoms with van der Waals surface area (Å²) in [4.78, 5) is 11.8. The number of carbonyl (C=O) groups excluding carboxylic acids is 1. The van der Waals surface area contributed by atoms with Crippen molar-refractivity contribution < 1.29 is 9.53 Å². The van der Waals surface area contributed by atoms with Gasteiger partial charge in [0.05, 0.1) is 12.6 Å². The molecule has 1 aromatic rings. The van der Waals surface area contributed by atoms with Crippen molar-refractivity contribution >= 4 is 5.91 Å². The van der Waals surface area contributed by atoms with Crippen LogP contribution in [-0.2, 0) is 9.53 Å². The van der Waals surface area contributed by atoms with E-state index in [9.17, 15) is 4.79 Å². The van der Waals surface area contributed by atoms with Crippen LogP contribution in [-0.4, -0.2) is 19.1 Å². The summed E-state index contributed by atoms with van der Waals surface area (Å²) in [5, 5.41) is 3.00. The van der Waals surface area contributed by atoms with Gasteiger partial charge in [-0.1, -0.05) is 69.4 Å². The number of ether oxygens (including phenoxy) is 1. The number of nitrogens with one attached hydrogen (secondary N) is 1. The van der Waals surface area contributed by atoms with Crippen molar-refractivity contribution in [2.24, 2.45) is 0 Å². The second kappa shape index (κ2) is 12.2. The molecule has 0 heterocycles. The predicted octanol–water partition coefficient (Wildman–Crippen LogP) is 4.63. The van der Waals surface area contributed by atoms with Gasteiger partial charge in [-0.3, -0.25) is 4.79 Å². The predicted molar refractivity (Wildman–Crippen MR) is 91.8 cm³/mol. The summed E-state index contributed by atoms with van der Waals surface area (Å²) in [6.07, 6.45) is 8.02. The molecule has 124 valence electrons. The summed E-state index contributed by atoms with van der Waals surface area (Å²) < 4.78 is 5.54. The van der Waals surface area contributed by atoms with Crippen molar-refractivity contribution in [1.29, 1.82) is 0 Å². The number of rotatable bonds is 12. The van der Waals surface area contributed by atoms with Gasteiger partial charge in [0.2, 0.25) is 5.91 Å². The maximum Gasteiger partial charge on any atom is 0.222 e. The Morgan fingerprint density at radius 2 is 1.73 bits per heavy atom. The van der Waals surface area contributed by atoms with E-state index in [1.807, 2.05) is 37.3 Å². The number of unbranched alkanes of at least 4 members (excludes halogenated alkanes) is 5. The van der Waals surface area contributed by atoms with E-state index in [1.165, 1.54) is 32.1 Å². The Bertz CT molecular complexity index is 392. The molecule has 1 aromatic carbocycles. The zero-order valence-corrected chi connectivity index (χ0v) is 14.1. The highest BCUT2D eigenvalue weighted by Crippen LogP contribution is 2.11. The third-order valence-corrected chi connectivity index (χ3v) is 3.79. The number of amides is 1. The Morgan fingerprint density at radius 1 is 1.05 bits per heavy atom. The highest BCUT2D eigenvalue weighted by molar-refractivity contribution is 5.76. The van der Waals surface area contributed by atoms with E-state index in [4.69, 9.17) is 4.74 Å². The largest absolute Gasteiger partial charge is 0.381 e. The van der Waals surface area contributed by atoms with Crippen LogP contribution in [0.3, 0.4) is 0 Å². The first-order valence-corrected chi connectivity index (χ1v) is 8.66. The van der Waals surface area contributed by atoms with E-state index in [0.717, 1.165) is 18.6 Å². The fourth-order valence-corrected chi connectivity index (χ4v) is 2.39. The lowest BCUT2D eigenvalue weighted by Gasteiger charge is -2.14. The summed E-state index contributed by atoms with van der Waals surface area (Å²) in [5.74, 6) is 0.0549. The quantitative estimate of drug-likeness (QED) is 0.572. The third kappa shape index (κ3) is 8.83. The van der Waals surface area contributed by atoms with E-state index in [0.29, 0.717) is 13.0 Å². The van der Waals surface area contributed by atoms with Crippen LogP contribution < -0.4 is 5.32 Å². The molecule has 0 bridgehead atoms. The first-order chi connectivity index (χ1) is 10.7. The van der Waals surface area contributed by atoms with E-state index in [1.54, 1.807) is 0 Å². The van der Waals surface area contributed by atoms with Crippen molar-refractivity contribution in [2.75, 3.05) is 13.2 Å². The van der Waals surface area contributed by atoms with Crippen LogP contribution in [0.1, 0.15) is 70.4 Å². The lowest BCUT2D eigenvalue weighted by atomic mass is 10.1. The molecule has 0 fully saturated rings. The lowest BCUT2D eigenvalue weighted by molar-refractivity contribution is -0.122. The third-order valence-electron chi connectivity index (χ3n) is 3.79. The molecule has 0 saturated heterocycles. The zero-order valence-electron chi connectivity index (χ0n) is 14.1. The minimum atomic E-state index is 0.0484. The second-order valence-electron chi connectivity index (χ2n) is 5.83. The topological polar surface area (TPSA) is 38.3 Å². The van der Waals surface area contributed by atoms with Crippen LogP contribution in [0.2, 0.25) is 0 Å². The van der Waals surface area contributed by atoms with Crippen molar-refractivity contribution in [2.45, 2.75) is 64.8 Å². The van der Waals surface area contributed by atoms with Gasteiger partial charge in [0.15, 0.2) is 0 Å². The Kier molecular flexibility index (Phi) is 10.4. The molecule has 0 aliphatic carbocycles. The molecule has 0 unspecified atom stereocenters. The van der Waals surface area contributed by atoms with Crippen LogP contribution in [0, 0.1) is 0 Å². The normalized spacial score (nSPS) is 12.1. The molecule has 0 saturated carbocycles. The van der Waals surface area contributed by atoms with E-state index in [2.05, 4.69) is 12.2 Å². The van der Waals surface area contributed by atoms with Crippen molar-refractivity contribution in [3.8, 4) is 0 Å². The Balaban J connectivity index is 2.00. The van der Waals surface area contributed by atoms with Gasteiger partial charge in [-0.25, -0.2) is 0 Å². The monoisotopic (exact) mass is 305 g/mol. The molecular formula is C19H31NO2. The molecule has 0 aliphatic rings. The van der Waals surface area contributed by atoms with Crippen molar-refractivity contribution in [3.63, 3.8) is 0 Å². The molecule has 1 amide bonds. The van der Waals surface area contributed by atoms with E-state index in [-0.39, 0.29) is 11.9 Å². The average molecular weight is 305 g/mol. The standard InChI is InChI=1S/C19H31NO2/c1-3-4-5-6-7-11-15-22-16-14-19(21)20-17(2)18-12-9-8-10-13-18/h8-10,12-13,17H,3-7,11,14-16H2,1-2H3,(H,20,21)/t17-/m0/s1. The minimum Gasteiger partial charge on any atom is -0.381 e. The minimum absolute atomic E-state index is 0.0484. The lowest BCUT2D eigenvalue weighted by Crippen LogP contribution is -2.27. The molecule has 0 aliphatic heterocycles. The van der Waals surface area contributed by atoms with Crippen LogP contribution in [0.25, 0.3) is 0 Å². The number of benzene rings is 1. The SMILES string of the molecule is CCCCCCCCOCCC(=O)N[C@@H](C)c1ccccc1. The fourth-order valence-electron chi connectivity index (χ4n) is 2.39. The highest BCUT2D eigenvalue weighted by atomic mass is 16.5. The van der Waals surface area contributed by atoms with Gasteiger partial charge in [0, 0.05) is 13.0 Å². The molecule has 22 heavy (non-hydrogen) atoms.